The zero-order valence-electron chi connectivity index (χ0n) is 17.2. The number of pyridine rings is 1. The van der Waals surface area contributed by atoms with Gasteiger partial charge in [0.15, 0.2) is 0 Å². The van der Waals surface area contributed by atoms with Gasteiger partial charge in [-0.3, -0.25) is 5.32 Å². The predicted molar refractivity (Wildman–Crippen MR) is 117 cm³/mol. The molecule has 0 unspecified atom stereocenters. The zero-order chi connectivity index (χ0) is 21.0. The number of fused-ring (bicyclic) bond motifs is 1. The van der Waals surface area contributed by atoms with Crippen LogP contribution in [0.4, 0.5) is 10.5 Å². The van der Waals surface area contributed by atoms with Crippen LogP contribution in [0.5, 0.6) is 11.5 Å². The molecule has 0 aliphatic rings. The van der Waals surface area contributed by atoms with E-state index in [0.29, 0.717) is 23.9 Å². The molecule has 0 aliphatic carbocycles. The van der Waals surface area contributed by atoms with Gasteiger partial charge >= 0.3 is 6.09 Å². The van der Waals surface area contributed by atoms with Gasteiger partial charge in [0.05, 0.1) is 5.39 Å². The van der Waals surface area contributed by atoms with Crippen LogP contribution < -0.4 is 10.1 Å². The van der Waals surface area contributed by atoms with Crippen molar-refractivity contribution in [1.82, 2.24) is 9.55 Å². The van der Waals surface area contributed by atoms with Crippen molar-refractivity contribution in [3.05, 3.63) is 48.3 Å². The minimum atomic E-state index is -1.11. The minimum Gasteiger partial charge on any atom is -0.465 e. The highest BCUT2D eigenvalue weighted by atomic mass is 28.3. The van der Waals surface area contributed by atoms with Gasteiger partial charge in [-0.2, -0.15) is 0 Å². The number of carbonyl (C=O) groups is 1. The van der Waals surface area contributed by atoms with Gasteiger partial charge < -0.3 is 19.1 Å². The number of hydrogen-bond donors (Lipinski definition) is 2. The number of benzene rings is 1. The first-order valence-electron chi connectivity index (χ1n) is 9.53. The first-order valence-corrected chi connectivity index (χ1v) is 13.2. The van der Waals surface area contributed by atoms with Crippen molar-refractivity contribution in [3.63, 3.8) is 0 Å². The van der Waals surface area contributed by atoms with Gasteiger partial charge in [0, 0.05) is 32.8 Å². The first kappa shape index (κ1) is 20.9. The fraction of sp³-hybridized carbons (Fsp3) is 0.333. The Bertz CT molecular complexity index is 1010. The fourth-order valence-corrected chi connectivity index (χ4v) is 3.64. The molecule has 1 amide bonds. The second kappa shape index (κ2) is 8.67. The average molecular weight is 414 g/mol. The molecule has 0 bridgehead atoms. The monoisotopic (exact) mass is 413 g/mol. The lowest BCUT2D eigenvalue weighted by atomic mass is 10.2. The molecule has 0 radical (unpaired) electrons. The van der Waals surface area contributed by atoms with E-state index in [-0.39, 0.29) is 0 Å². The first-order chi connectivity index (χ1) is 13.7. The summed E-state index contributed by atoms with van der Waals surface area (Å²) < 4.78 is 13.9. The number of aryl methyl sites for hydroxylation is 1. The number of rotatable bonds is 8. The van der Waals surface area contributed by atoms with E-state index in [2.05, 4.69) is 29.9 Å². The Balaban J connectivity index is 1.73. The molecule has 0 fully saturated rings. The molecule has 0 saturated heterocycles. The van der Waals surface area contributed by atoms with Crippen LogP contribution in [-0.4, -0.2) is 35.4 Å². The smallest absolute Gasteiger partial charge is 0.409 e. The van der Waals surface area contributed by atoms with Gasteiger partial charge in [-0.25, -0.2) is 9.78 Å². The van der Waals surface area contributed by atoms with Crippen LogP contribution >= 0.6 is 0 Å². The van der Waals surface area contributed by atoms with Crippen LogP contribution in [0.25, 0.3) is 11.0 Å². The summed E-state index contributed by atoms with van der Waals surface area (Å²) in [6.45, 7) is 10.0. The Morgan fingerprint density at radius 3 is 2.72 bits per heavy atom. The van der Waals surface area contributed by atoms with E-state index in [1.165, 1.54) is 0 Å². The SMILES string of the molecule is Cc1cc(Oc2ccnc3c2ccn3COCC[Si](C)(C)C)ccc1NC(=O)O. The second-order valence-electron chi connectivity index (χ2n) is 8.19. The minimum absolute atomic E-state index is 0.457. The number of ether oxygens (including phenoxy) is 2. The third kappa shape index (κ3) is 5.58. The van der Waals surface area contributed by atoms with Crippen molar-refractivity contribution in [3.8, 4) is 11.5 Å². The summed E-state index contributed by atoms with van der Waals surface area (Å²) in [6, 6.07) is 10.1. The molecular formula is C21H27N3O4Si. The highest BCUT2D eigenvalue weighted by Gasteiger charge is 2.13. The largest absolute Gasteiger partial charge is 0.465 e. The predicted octanol–water partition coefficient (Wildman–Crippen LogP) is 5.54. The van der Waals surface area contributed by atoms with Gasteiger partial charge in [0.25, 0.3) is 0 Å². The van der Waals surface area contributed by atoms with Crippen LogP contribution in [0.3, 0.4) is 0 Å². The Morgan fingerprint density at radius 2 is 2.03 bits per heavy atom. The number of anilines is 1. The number of nitrogens with one attached hydrogen (secondary N) is 1. The van der Waals surface area contributed by atoms with Crippen LogP contribution in [-0.2, 0) is 11.5 Å². The molecule has 2 heterocycles. The van der Waals surface area contributed by atoms with Gasteiger partial charge in [0.2, 0.25) is 0 Å². The summed E-state index contributed by atoms with van der Waals surface area (Å²) in [6.07, 6.45) is 2.57. The summed E-state index contributed by atoms with van der Waals surface area (Å²) >= 11 is 0. The summed E-state index contributed by atoms with van der Waals surface area (Å²) in [5, 5.41) is 12.1. The van der Waals surface area contributed by atoms with Crippen LogP contribution in [0.2, 0.25) is 25.7 Å². The molecule has 7 nitrogen and oxygen atoms in total. The number of amides is 1. The Hall–Kier alpha value is -2.84. The van der Waals surface area contributed by atoms with E-state index in [0.717, 1.165) is 29.2 Å². The van der Waals surface area contributed by atoms with Crippen molar-refractivity contribution in [1.29, 1.82) is 0 Å². The van der Waals surface area contributed by atoms with Gasteiger partial charge in [-0.15, -0.1) is 0 Å². The highest BCUT2D eigenvalue weighted by molar-refractivity contribution is 6.76. The zero-order valence-corrected chi connectivity index (χ0v) is 18.2. The van der Waals surface area contributed by atoms with Crippen molar-refractivity contribution >= 4 is 30.9 Å². The van der Waals surface area contributed by atoms with Crippen molar-refractivity contribution in [2.75, 3.05) is 11.9 Å². The molecule has 8 heteroatoms. The molecule has 2 aromatic heterocycles. The molecule has 0 saturated carbocycles. The number of carboxylic acid groups (broad SMARTS) is 1. The van der Waals surface area contributed by atoms with E-state index >= 15 is 0 Å². The maximum atomic E-state index is 10.8. The van der Waals surface area contributed by atoms with Crippen molar-refractivity contribution < 1.29 is 19.4 Å². The molecule has 29 heavy (non-hydrogen) atoms. The van der Waals surface area contributed by atoms with E-state index in [1.54, 1.807) is 24.4 Å². The molecule has 1 aromatic carbocycles. The van der Waals surface area contributed by atoms with Gasteiger partial charge in [-0.05, 0) is 48.9 Å². The maximum absolute atomic E-state index is 10.8. The van der Waals surface area contributed by atoms with Crippen molar-refractivity contribution in [2.24, 2.45) is 0 Å². The van der Waals surface area contributed by atoms with E-state index in [1.807, 2.05) is 29.8 Å². The van der Waals surface area contributed by atoms with Crippen molar-refractivity contribution in [2.45, 2.75) is 39.3 Å². The Labute approximate surface area is 171 Å². The van der Waals surface area contributed by atoms with E-state index < -0.39 is 14.2 Å². The lowest BCUT2D eigenvalue weighted by Gasteiger charge is -2.15. The fourth-order valence-electron chi connectivity index (χ4n) is 2.88. The van der Waals surface area contributed by atoms with Gasteiger partial charge in [0.1, 0.15) is 23.9 Å². The van der Waals surface area contributed by atoms with Crippen LogP contribution in [0.1, 0.15) is 5.56 Å². The number of nitrogens with zero attached hydrogens (tertiary/aromatic N) is 2. The number of hydrogen-bond acceptors (Lipinski definition) is 4. The topological polar surface area (TPSA) is 85.6 Å². The van der Waals surface area contributed by atoms with E-state index in [4.69, 9.17) is 14.6 Å². The maximum Gasteiger partial charge on any atom is 0.409 e. The quantitative estimate of drug-likeness (QED) is 0.374. The van der Waals surface area contributed by atoms with Gasteiger partial charge in [-0.1, -0.05) is 19.6 Å². The molecule has 0 atom stereocenters. The van der Waals surface area contributed by atoms with Crippen LogP contribution in [0, 0.1) is 6.92 Å². The third-order valence-corrected chi connectivity index (χ3v) is 6.22. The second-order valence-corrected chi connectivity index (χ2v) is 13.8. The average Bonchev–Trinajstić information content (AvgIpc) is 3.04. The Morgan fingerprint density at radius 1 is 1.24 bits per heavy atom. The molecule has 0 spiro atoms. The molecule has 3 rings (SSSR count). The molecule has 0 aliphatic heterocycles. The summed E-state index contributed by atoms with van der Waals surface area (Å²) in [5.41, 5.74) is 2.12. The molecule has 154 valence electrons. The van der Waals surface area contributed by atoms with Crippen LogP contribution in [0.15, 0.2) is 42.7 Å². The highest BCUT2D eigenvalue weighted by Crippen LogP contribution is 2.31. The van der Waals surface area contributed by atoms with E-state index in [9.17, 15) is 4.79 Å². The standard InChI is InChI=1S/C21H27N3O4Si/c1-15-13-16(5-6-18(15)23-21(25)26)28-19-7-9-22-20-17(19)8-10-24(20)14-27-11-12-29(2,3)4/h5-10,13,23H,11-12,14H2,1-4H3,(H,25,26). The molecule has 2 N–H and O–H groups in total. The number of aromatic nitrogens is 2. The molecule has 3 aromatic rings. The summed E-state index contributed by atoms with van der Waals surface area (Å²) in [4.78, 5) is 15.3. The summed E-state index contributed by atoms with van der Waals surface area (Å²) in [5.74, 6) is 1.32. The lowest BCUT2D eigenvalue weighted by Crippen LogP contribution is -2.22. The summed E-state index contributed by atoms with van der Waals surface area (Å²) in [7, 11) is -1.11. The Kier molecular flexibility index (Phi) is 6.24. The lowest BCUT2D eigenvalue weighted by molar-refractivity contribution is 0.0899. The normalized spacial score (nSPS) is 11.6. The third-order valence-electron chi connectivity index (χ3n) is 4.52. The molecular weight excluding hydrogens is 386 g/mol.